The lowest BCUT2D eigenvalue weighted by atomic mass is 10.0. The number of carbonyl (C=O) groups excluding carboxylic acids is 1. The summed E-state index contributed by atoms with van der Waals surface area (Å²) in [5.41, 5.74) is 1.06. The summed E-state index contributed by atoms with van der Waals surface area (Å²) in [7, 11) is 0. The number of hydrogen-bond acceptors (Lipinski definition) is 2. The monoisotopic (exact) mass is 209 g/mol. The van der Waals surface area contributed by atoms with Crippen molar-refractivity contribution in [3.8, 4) is 0 Å². The maximum atomic E-state index is 11.6. The van der Waals surface area contributed by atoms with Crippen LogP contribution < -0.4 is 5.32 Å². The Balaban J connectivity index is 2.22. The summed E-state index contributed by atoms with van der Waals surface area (Å²) >= 11 is 0. The number of nitrogens with zero attached hydrogens (tertiary/aromatic N) is 1. The Kier molecular flexibility index (Phi) is 4.87. The van der Waals surface area contributed by atoms with Gasteiger partial charge in [-0.25, -0.2) is 4.98 Å². The van der Waals surface area contributed by atoms with Crippen LogP contribution in [0.15, 0.2) is 12.5 Å². The third kappa shape index (κ3) is 3.73. The molecule has 0 bridgehead atoms. The molecule has 0 saturated carbocycles. The van der Waals surface area contributed by atoms with E-state index in [1.807, 2.05) is 13.8 Å². The van der Waals surface area contributed by atoms with Crippen molar-refractivity contribution in [1.82, 2.24) is 15.3 Å². The minimum Gasteiger partial charge on any atom is -0.355 e. The fourth-order valence-corrected chi connectivity index (χ4v) is 1.55. The normalized spacial score (nSPS) is 10.6. The molecule has 0 unspecified atom stereocenters. The second kappa shape index (κ2) is 6.22. The number of aromatic nitrogens is 2. The van der Waals surface area contributed by atoms with Crippen molar-refractivity contribution >= 4 is 5.91 Å². The van der Waals surface area contributed by atoms with Crippen LogP contribution in [-0.2, 0) is 11.2 Å². The highest BCUT2D eigenvalue weighted by atomic mass is 16.1. The van der Waals surface area contributed by atoms with Crippen molar-refractivity contribution in [3.05, 3.63) is 18.2 Å². The number of H-pyrrole nitrogens is 1. The van der Waals surface area contributed by atoms with Crippen molar-refractivity contribution in [2.75, 3.05) is 6.54 Å². The van der Waals surface area contributed by atoms with Gasteiger partial charge in [0.25, 0.3) is 0 Å². The molecular formula is C11H19N3O. The van der Waals surface area contributed by atoms with Crippen molar-refractivity contribution in [1.29, 1.82) is 0 Å². The lowest BCUT2D eigenvalue weighted by Gasteiger charge is -2.12. The molecule has 1 aromatic rings. The van der Waals surface area contributed by atoms with E-state index in [2.05, 4.69) is 15.3 Å². The molecule has 4 nitrogen and oxygen atoms in total. The average Bonchev–Trinajstić information content (AvgIpc) is 2.72. The van der Waals surface area contributed by atoms with E-state index in [9.17, 15) is 4.79 Å². The number of nitrogens with one attached hydrogen (secondary N) is 2. The van der Waals surface area contributed by atoms with E-state index in [0.717, 1.165) is 25.0 Å². The third-order valence-electron chi connectivity index (χ3n) is 2.60. The number of amides is 1. The van der Waals surface area contributed by atoms with Gasteiger partial charge in [0.2, 0.25) is 5.91 Å². The summed E-state index contributed by atoms with van der Waals surface area (Å²) < 4.78 is 0. The zero-order valence-corrected chi connectivity index (χ0v) is 9.42. The van der Waals surface area contributed by atoms with Crippen LogP contribution in [0, 0.1) is 5.92 Å². The smallest absolute Gasteiger partial charge is 0.223 e. The summed E-state index contributed by atoms with van der Waals surface area (Å²) in [6.45, 7) is 4.77. The average molecular weight is 209 g/mol. The minimum absolute atomic E-state index is 0.159. The zero-order chi connectivity index (χ0) is 11.1. The zero-order valence-electron chi connectivity index (χ0n) is 9.42. The summed E-state index contributed by atoms with van der Waals surface area (Å²) in [6, 6.07) is 0. The SMILES string of the molecule is CCC(CC)C(=O)NCCc1cnc[nH]1. The van der Waals surface area contributed by atoms with Crippen LogP contribution in [-0.4, -0.2) is 22.4 Å². The maximum Gasteiger partial charge on any atom is 0.223 e. The van der Waals surface area contributed by atoms with E-state index >= 15 is 0 Å². The summed E-state index contributed by atoms with van der Waals surface area (Å²) in [5.74, 6) is 0.325. The molecule has 0 aromatic carbocycles. The van der Waals surface area contributed by atoms with Crippen LogP contribution in [0.2, 0.25) is 0 Å². The quantitative estimate of drug-likeness (QED) is 0.746. The molecule has 15 heavy (non-hydrogen) atoms. The van der Waals surface area contributed by atoms with E-state index in [1.165, 1.54) is 0 Å². The highest BCUT2D eigenvalue weighted by Crippen LogP contribution is 2.06. The van der Waals surface area contributed by atoms with Gasteiger partial charge in [-0.05, 0) is 12.8 Å². The molecule has 0 radical (unpaired) electrons. The highest BCUT2D eigenvalue weighted by Gasteiger charge is 2.12. The first kappa shape index (κ1) is 11.8. The highest BCUT2D eigenvalue weighted by molar-refractivity contribution is 5.78. The molecule has 4 heteroatoms. The van der Waals surface area contributed by atoms with Gasteiger partial charge in [0.05, 0.1) is 6.33 Å². The molecule has 0 spiro atoms. The van der Waals surface area contributed by atoms with Crippen molar-refractivity contribution in [2.24, 2.45) is 5.92 Å². The Labute approximate surface area is 90.5 Å². The van der Waals surface area contributed by atoms with E-state index in [-0.39, 0.29) is 11.8 Å². The standard InChI is InChI=1S/C11H19N3O/c1-3-9(4-2)11(15)13-6-5-10-7-12-8-14-10/h7-9H,3-6H2,1-2H3,(H,12,14)(H,13,15). The third-order valence-corrected chi connectivity index (χ3v) is 2.60. The lowest BCUT2D eigenvalue weighted by molar-refractivity contribution is -0.125. The molecule has 0 aliphatic heterocycles. The summed E-state index contributed by atoms with van der Waals surface area (Å²) in [6.07, 6.45) is 6.06. The molecule has 1 aromatic heterocycles. The Bertz CT molecular complexity index is 278. The van der Waals surface area contributed by atoms with Gasteiger partial charge in [-0.2, -0.15) is 0 Å². The van der Waals surface area contributed by atoms with E-state index in [4.69, 9.17) is 0 Å². The second-order valence-electron chi connectivity index (χ2n) is 3.63. The lowest BCUT2D eigenvalue weighted by Crippen LogP contribution is -2.31. The topological polar surface area (TPSA) is 57.8 Å². The van der Waals surface area contributed by atoms with E-state index < -0.39 is 0 Å². The van der Waals surface area contributed by atoms with Gasteiger partial charge in [0.15, 0.2) is 0 Å². The fraction of sp³-hybridized carbons (Fsp3) is 0.636. The summed E-state index contributed by atoms with van der Waals surface area (Å²) in [4.78, 5) is 18.5. The van der Waals surface area contributed by atoms with Gasteiger partial charge in [-0.15, -0.1) is 0 Å². The van der Waals surface area contributed by atoms with Crippen molar-refractivity contribution in [2.45, 2.75) is 33.1 Å². The predicted octanol–water partition coefficient (Wildman–Crippen LogP) is 1.50. The molecule has 2 N–H and O–H groups in total. The second-order valence-corrected chi connectivity index (χ2v) is 3.63. The minimum atomic E-state index is 0.159. The van der Waals surface area contributed by atoms with Gasteiger partial charge < -0.3 is 10.3 Å². The molecule has 0 atom stereocenters. The van der Waals surface area contributed by atoms with Gasteiger partial charge in [0, 0.05) is 30.8 Å². The summed E-state index contributed by atoms with van der Waals surface area (Å²) in [5, 5.41) is 2.94. The molecule has 84 valence electrons. The van der Waals surface area contributed by atoms with Crippen LogP contribution in [0.25, 0.3) is 0 Å². The molecule has 1 heterocycles. The van der Waals surface area contributed by atoms with Crippen LogP contribution in [0.4, 0.5) is 0 Å². The first-order chi connectivity index (χ1) is 7.27. The molecule has 1 rings (SSSR count). The van der Waals surface area contributed by atoms with E-state index in [0.29, 0.717) is 6.54 Å². The Hall–Kier alpha value is -1.32. The van der Waals surface area contributed by atoms with Crippen LogP contribution in [0.3, 0.4) is 0 Å². The molecule has 0 aliphatic rings. The van der Waals surface area contributed by atoms with E-state index in [1.54, 1.807) is 12.5 Å². The number of aromatic amines is 1. The molecule has 0 saturated heterocycles. The molecule has 0 aliphatic carbocycles. The van der Waals surface area contributed by atoms with Crippen molar-refractivity contribution in [3.63, 3.8) is 0 Å². The number of imidazole rings is 1. The Morgan fingerprint density at radius 1 is 1.53 bits per heavy atom. The number of hydrogen-bond donors (Lipinski definition) is 2. The van der Waals surface area contributed by atoms with Crippen LogP contribution >= 0.6 is 0 Å². The van der Waals surface area contributed by atoms with Gasteiger partial charge in [-0.3, -0.25) is 4.79 Å². The Morgan fingerprint density at radius 2 is 2.27 bits per heavy atom. The van der Waals surface area contributed by atoms with Gasteiger partial charge in [-0.1, -0.05) is 13.8 Å². The fourth-order valence-electron chi connectivity index (χ4n) is 1.55. The maximum absolute atomic E-state index is 11.6. The first-order valence-electron chi connectivity index (χ1n) is 5.52. The van der Waals surface area contributed by atoms with Crippen LogP contribution in [0.1, 0.15) is 32.4 Å². The first-order valence-corrected chi connectivity index (χ1v) is 5.52. The Morgan fingerprint density at radius 3 is 2.80 bits per heavy atom. The molecule has 0 fully saturated rings. The van der Waals surface area contributed by atoms with Gasteiger partial charge in [0.1, 0.15) is 0 Å². The van der Waals surface area contributed by atoms with Crippen molar-refractivity contribution < 1.29 is 4.79 Å². The van der Waals surface area contributed by atoms with Gasteiger partial charge >= 0.3 is 0 Å². The molecular weight excluding hydrogens is 190 g/mol. The number of carbonyl (C=O) groups is 1. The largest absolute Gasteiger partial charge is 0.355 e. The number of rotatable bonds is 6. The predicted molar refractivity (Wildman–Crippen MR) is 59.4 cm³/mol. The molecule has 1 amide bonds. The van der Waals surface area contributed by atoms with Crippen LogP contribution in [0.5, 0.6) is 0 Å².